The lowest BCUT2D eigenvalue weighted by atomic mass is 9.36. The zero-order valence-electron chi connectivity index (χ0n) is 21.5. The maximum absolute atomic E-state index is 10.9. The molecule has 0 aromatic heterocycles. The molecule has 0 saturated heterocycles. The minimum Gasteiger partial charge on any atom is -0.396 e. The Labute approximate surface area is 196 Å². The van der Waals surface area contributed by atoms with Crippen LogP contribution < -0.4 is 0 Å². The molecule has 0 amide bonds. The topological polar surface area (TPSA) is 60.7 Å². The lowest BCUT2D eigenvalue weighted by Gasteiger charge is -2.69. The van der Waals surface area contributed by atoms with Crippen molar-refractivity contribution < 1.29 is 15.3 Å². The maximum atomic E-state index is 10.9. The molecule has 3 nitrogen and oxygen atoms in total. The van der Waals surface area contributed by atoms with Crippen LogP contribution in [0.1, 0.15) is 99.3 Å². The van der Waals surface area contributed by atoms with Crippen molar-refractivity contribution in [3.05, 3.63) is 11.6 Å². The Hall–Kier alpha value is -0.380. The van der Waals surface area contributed by atoms with Gasteiger partial charge in [0, 0.05) is 5.41 Å². The van der Waals surface area contributed by atoms with Crippen LogP contribution in [-0.2, 0) is 0 Å². The third-order valence-electron chi connectivity index (χ3n) is 12.8. The zero-order valence-corrected chi connectivity index (χ0v) is 21.5. The molecule has 10 atom stereocenters. The molecule has 10 unspecified atom stereocenters. The molecule has 5 aliphatic carbocycles. The highest BCUT2D eigenvalue weighted by Gasteiger charge is 2.66. The van der Waals surface area contributed by atoms with Gasteiger partial charge in [-0.05, 0) is 103 Å². The first-order chi connectivity index (χ1) is 14.9. The summed E-state index contributed by atoms with van der Waals surface area (Å²) in [4.78, 5) is 0. The second kappa shape index (κ2) is 7.08. The summed E-state index contributed by atoms with van der Waals surface area (Å²) >= 11 is 0. The summed E-state index contributed by atoms with van der Waals surface area (Å²) in [5, 5.41) is 32.1. The van der Waals surface area contributed by atoms with Crippen molar-refractivity contribution in [2.75, 3.05) is 6.61 Å². The summed E-state index contributed by atoms with van der Waals surface area (Å²) in [5.41, 5.74) is 2.08. The van der Waals surface area contributed by atoms with Gasteiger partial charge in [-0.25, -0.2) is 0 Å². The molecule has 5 aliphatic rings. The highest BCUT2D eigenvalue weighted by atomic mass is 16.3. The standard InChI is InChI=1S/C29H48O3/c1-25(2)20-9-7-19-18(26(20,3)15-12-23(25)31)8-10-21-27(19,4)14-11-22-28(21,5)16-13-24(32)29(22,6)17-30/h7,18,20-24,30-32H,8-17H2,1-6H3. The van der Waals surface area contributed by atoms with Crippen LogP contribution in [0.2, 0.25) is 0 Å². The van der Waals surface area contributed by atoms with Crippen LogP contribution in [0, 0.1) is 50.7 Å². The molecular weight excluding hydrogens is 396 g/mol. The van der Waals surface area contributed by atoms with Crippen molar-refractivity contribution in [1.82, 2.24) is 0 Å². The van der Waals surface area contributed by atoms with Gasteiger partial charge in [0.25, 0.3) is 0 Å². The molecule has 0 aromatic carbocycles. The quantitative estimate of drug-likeness (QED) is 0.453. The Balaban J connectivity index is 1.53. The van der Waals surface area contributed by atoms with Gasteiger partial charge in [-0.2, -0.15) is 0 Å². The number of hydrogen-bond acceptors (Lipinski definition) is 3. The fourth-order valence-electron chi connectivity index (χ4n) is 10.8. The molecular formula is C29H48O3. The zero-order chi connectivity index (χ0) is 23.3. The molecule has 3 N–H and O–H groups in total. The average molecular weight is 445 g/mol. The molecule has 4 saturated carbocycles. The van der Waals surface area contributed by atoms with E-state index in [0.29, 0.717) is 29.1 Å². The molecule has 0 radical (unpaired) electrons. The molecule has 0 heterocycles. The third kappa shape index (κ3) is 2.71. The van der Waals surface area contributed by atoms with E-state index in [0.717, 1.165) is 38.5 Å². The van der Waals surface area contributed by atoms with Crippen LogP contribution in [-0.4, -0.2) is 34.1 Å². The van der Waals surface area contributed by atoms with E-state index in [1.165, 1.54) is 19.3 Å². The lowest BCUT2D eigenvalue weighted by molar-refractivity contribution is -0.197. The van der Waals surface area contributed by atoms with E-state index in [1.807, 2.05) is 0 Å². The SMILES string of the molecule is CC12CCC3C(C)(CO)C(O)CCC3(C)C1CCC1C2=CCC2C(C)(C)C(O)CCC12C. The fourth-order valence-corrected chi connectivity index (χ4v) is 10.8. The number of allylic oxidation sites excluding steroid dienone is 2. The predicted octanol–water partition coefficient (Wildman–Crippen LogP) is 5.72. The van der Waals surface area contributed by atoms with Gasteiger partial charge in [-0.15, -0.1) is 0 Å². The van der Waals surface area contributed by atoms with Crippen molar-refractivity contribution in [2.45, 2.75) is 112 Å². The molecule has 0 bridgehead atoms. The number of rotatable bonds is 1. The summed E-state index contributed by atoms with van der Waals surface area (Å²) in [5.74, 6) is 2.24. The van der Waals surface area contributed by atoms with Gasteiger partial charge in [0.1, 0.15) is 0 Å². The smallest absolute Gasteiger partial charge is 0.0618 e. The van der Waals surface area contributed by atoms with Crippen molar-refractivity contribution in [2.24, 2.45) is 50.7 Å². The molecule has 182 valence electrons. The van der Waals surface area contributed by atoms with Gasteiger partial charge >= 0.3 is 0 Å². The Kier molecular flexibility index (Phi) is 5.17. The van der Waals surface area contributed by atoms with Crippen LogP contribution >= 0.6 is 0 Å². The molecule has 4 fully saturated rings. The summed E-state index contributed by atoms with van der Waals surface area (Å²) in [6.45, 7) is 14.5. The summed E-state index contributed by atoms with van der Waals surface area (Å²) in [6.07, 6.45) is 12.0. The normalized spacial score (nSPS) is 56.8. The Morgan fingerprint density at radius 2 is 1.41 bits per heavy atom. The van der Waals surface area contributed by atoms with Crippen LogP contribution in [0.4, 0.5) is 0 Å². The molecule has 3 heteroatoms. The highest BCUT2D eigenvalue weighted by molar-refractivity contribution is 5.32. The van der Waals surface area contributed by atoms with E-state index >= 15 is 0 Å². The lowest BCUT2D eigenvalue weighted by Crippen LogP contribution is -2.63. The molecule has 0 aliphatic heterocycles. The van der Waals surface area contributed by atoms with Gasteiger partial charge in [0.15, 0.2) is 0 Å². The Morgan fingerprint density at radius 3 is 2.09 bits per heavy atom. The maximum Gasteiger partial charge on any atom is 0.0618 e. The van der Waals surface area contributed by atoms with E-state index in [4.69, 9.17) is 0 Å². The summed E-state index contributed by atoms with van der Waals surface area (Å²) in [7, 11) is 0. The van der Waals surface area contributed by atoms with Crippen molar-refractivity contribution >= 4 is 0 Å². The van der Waals surface area contributed by atoms with Gasteiger partial charge in [0.05, 0.1) is 18.8 Å². The van der Waals surface area contributed by atoms with Gasteiger partial charge in [-0.1, -0.05) is 53.2 Å². The number of fused-ring (bicyclic) bond motifs is 7. The third-order valence-corrected chi connectivity index (χ3v) is 12.8. The number of aliphatic hydroxyl groups is 3. The van der Waals surface area contributed by atoms with Crippen molar-refractivity contribution in [3.63, 3.8) is 0 Å². The fraction of sp³-hybridized carbons (Fsp3) is 0.931. The van der Waals surface area contributed by atoms with Gasteiger partial charge in [-0.3, -0.25) is 0 Å². The molecule has 0 aromatic rings. The van der Waals surface area contributed by atoms with Crippen LogP contribution in [0.15, 0.2) is 11.6 Å². The predicted molar refractivity (Wildman–Crippen MR) is 129 cm³/mol. The highest BCUT2D eigenvalue weighted by Crippen LogP contribution is 2.73. The van der Waals surface area contributed by atoms with Crippen LogP contribution in [0.5, 0.6) is 0 Å². The second-order valence-electron chi connectivity index (χ2n) is 14.2. The van der Waals surface area contributed by atoms with Crippen molar-refractivity contribution in [1.29, 1.82) is 0 Å². The number of hydrogen-bond donors (Lipinski definition) is 3. The second-order valence-corrected chi connectivity index (χ2v) is 14.2. The van der Waals surface area contributed by atoms with Crippen LogP contribution in [0.25, 0.3) is 0 Å². The van der Waals surface area contributed by atoms with Gasteiger partial charge in [0.2, 0.25) is 0 Å². The van der Waals surface area contributed by atoms with E-state index < -0.39 is 0 Å². The van der Waals surface area contributed by atoms with Gasteiger partial charge < -0.3 is 15.3 Å². The first kappa shape index (κ1) is 23.4. The van der Waals surface area contributed by atoms with Crippen molar-refractivity contribution in [3.8, 4) is 0 Å². The van der Waals surface area contributed by atoms with E-state index in [1.54, 1.807) is 5.57 Å². The summed E-state index contributed by atoms with van der Waals surface area (Å²) < 4.78 is 0. The Bertz CT molecular complexity index is 802. The minimum atomic E-state index is -0.379. The largest absolute Gasteiger partial charge is 0.396 e. The number of aliphatic hydroxyl groups excluding tert-OH is 3. The molecule has 5 rings (SSSR count). The molecule has 32 heavy (non-hydrogen) atoms. The Morgan fingerprint density at radius 1 is 0.750 bits per heavy atom. The first-order valence-electron chi connectivity index (χ1n) is 13.5. The monoisotopic (exact) mass is 444 g/mol. The van der Waals surface area contributed by atoms with E-state index in [2.05, 4.69) is 47.6 Å². The van der Waals surface area contributed by atoms with E-state index in [-0.39, 0.29) is 40.5 Å². The summed E-state index contributed by atoms with van der Waals surface area (Å²) in [6, 6.07) is 0. The van der Waals surface area contributed by atoms with E-state index in [9.17, 15) is 15.3 Å². The van der Waals surface area contributed by atoms with Crippen LogP contribution in [0.3, 0.4) is 0 Å². The minimum absolute atomic E-state index is 0.0150. The average Bonchev–Trinajstić information content (AvgIpc) is 2.74. The molecule has 0 spiro atoms. The first-order valence-corrected chi connectivity index (χ1v) is 13.5.